The van der Waals surface area contributed by atoms with E-state index in [1.54, 1.807) is 19.2 Å². The lowest BCUT2D eigenvalue weighted by atomic mass is 9.76. The van der Waals surface area contributed by atoms with E-state index in [-0.39, 0.29) is 17.9 Å². The molecule has 3 rings (SSSR count). The second-order valence-electron chi connectivity index (χ2n) is 7.34. The minimum atomic E-state index is -1.00. The number of carbonyl (C=O) groups is 3. The van der Waals surface area contributed by atoms with Gasteiger partial charge in [-0.3, -0.25) is 19.1 Å². The first-order valence-electron chi connectivity index (χ1n) is 9.29. The maximum absolute atomic E-state index is 12.9. The summed E-state index contributed by atoms with van der Waals surface area (Å²) in [5.41, 5.74) is 2.31. The maximum atomic E-state index is 12.9. The number of aromatic nitrogens is 2. The third kappa shape index (κ3) is 4.56. The van der Waals surface area contributed by atoms with Gasteiger partial charge in [0, 0.05) is 13.2 Å². The molecule has 29 heavy (non-hydrogen) atoms. The van der Waals surface area contributed by atoms with Crippen LogP contribution in [0.4, 0.5) is 5.69 Å². The standard InChI is InChI=1S/C20H24N4O5/c1-11-7-14(15(20(27)28)8-12(11)2)18(25)22-16-10-24(3)23-17(16)19(26)21-9-13-5-4-6-29-13/h4-6,10,14-15H,7-9H2,1-3H3,(H,21,26)(H,22,25)(H,27,28)/t14-,15-/m1/s1. The van der Waals surface area contributed by atoms with Crippen LogP contribution in [-0.2, 0) is 23.2 Å². The first-order chi connectivity index (χ1) is 13.8. The lowest BCUT2D eigenvalue weighted by molar-refractivity contribution is -0.146. The van der Waals surface area contributed by atoms with E-state index in [9.17, 15) is 19.5 Å². The number of carboxylic acids is 1. The summed E-state index contributed by atoms with van der Waals surface area (Å²) < 4.78 is 6.60. The van der Waals surface area contributed by atoms with Gasteiger partial charge in [0.25, 0.3) is 5.91 Å². The third-order valence-corrected chi connectivity index (χ3v) is 5.23. The number of aliphatic carboxylic acids is 1. The average molecular weight is 400 g/mol. The van der Waals surface area contributed by atoms with E-state index in [4.69, 9.17) is 4.42 Å². The summed E-state index contributed by atoms with van der Waals surface area (Å²) in [6.07, 6.45) is 3.74. The van der Waals surface area contributed by atoms with Crippen LogP contribution in [0.25, 0.3) is 0 Å². The zero-order chi connectivity index (χ0) is 21.1. The molecule has 0 bridgehead atoms. The van der Waals surface area contributed by atoms with Crippen LogP contribution >= 0.6 is 0 Å². The Morgan fingerprint density at radius 1 is 1.24 bits per heavy atom. The number of hydrogen-bond donors (Lipinski definition) is 3. The number of nitrogens with zero attached hydrogens (tertiary/aromatic N) is 2. The third-order valence-electron chi connectivity index (χ3n) is 5.23. The van der Waals surface area contributed by atoms with Crippen LogP contribution in [0, 0.1) is 11.8 Å². The molecule has 0 aliphatic heterocycles. The number of furan rings is 1. The molecule has 0 spiro atoms. The van der Waals surface area contributed by atoms with Crippen LogP contribution < -0.4 is 10.6 Å². The molecular formula is C20H24N4O5. The zero-order valence-corrected chi connectivity index (χ0v) is 16.6. The summed E-state index contributed by atoms with van der Waals surface area (Å²) in [6.45, 7) is 3.98. The molecule has 2 amide bonds. The molecule has 154 valence electrons. The number of carboxylic acid groups (broad SMARTS) is 1. The van der Waals surface area contributed by atoms with Gasteiger partial charge in [0.05, 0.1) is 30.3 Å². The number of carbonyl (C=O) groups excluding carboxylic acids is 2. The molecule has 2 aromatic rings. The van der Waals surface area contributed by atoms with E-state index in [2.05, 4.69) is 15.7 Å². The van der Waals surface area contributed by atoms with Gasteiger partial charge in [0.2, 0.25) is 5.91 Å². The van der Waals surface area contributed by atoms with Crippen molar-refractivity contribution in [1.29, 1.82) is 0 Å². The SMILES string of the molecule is CC1=C(C)C[C@@H](C(=O)Nc2cn(C)nc2C(=O)NCc2ccco2)[C@H](C(=O)O)C1. The van der Waals surface area contributed by atoms with E-state index < -0.39 is 29.6 Å². The van der Waals surface area contributed by atoms with E-state index in [1.807, 2.05) is 13.8 Å². The second-order valence-corrected chi connectivity index (χ2v) is 7.34. The Balaban J connectivity index is 1.75. The molecule has 2 aromatic heterocycles. The molecule has 3 N–H and O–H groups in total. The largest absolute Gasteiger partial charge is 0.481 e. The molecule has 9 heteroatoms. The fourth-order valence-corrected chi connectivity index (χ4v) is 3.46. The Hall–Kier alpha value is -3.36. The number of rotatable bonds is 6. The van der Waals surface area contributed by atoms with Gasteiger partial charge in [0.1, 0.15) is 5.76 Å². The van der Waals surface area contributed by atoms with E-state index >= 15 is 0 Å². The van der Waals surface area contributed by atoms with E-state index in [0.717, 1.165) is 11.1 Å². The molecule has 0 radical (unpaired) electrons. The van der Waals surface area contributed by atoms with Crippen molar-refractivity contribution in [3.05, 3.63) is 47.2 Å². The van der Waals surface area contributed by atoms with Crippen LogP contribution in [0.3, 0.4) is 0 Å². The summed E-state index contributed by atoms with van der Waals surface area (Å²) >= 11 is 0. The monoisotopic (exact) mass is 400 g/mol. The molecular weight excluding hydrogens is 376 g/mol. The van der Waals surface area contributed by atoms with Crippen LogP contribution in [0.5, 0.6) is 0 Å². The van der Waals surface area contributed by atoms with E-state index in [1.165, 1.54) is 17.1 Å². The summed E-state index contributed by atoms with van der Waals surface area (Å²) in [6, 6.07) is 3.45. The normalized spacial score (nSPS) is 19.1. The zero-order valence-electron chi connectivity index (χ0n) is 16.6. The minimum Gasteiger partial charge on any atom is -0.481 e. The Kier molecular flexibility index (Phi) is 5.86. The van der Waals surface area contributed by atoms with Crippen molar-refractivity contribution in [2.45, 2.75) is 33.2 Å². The fourth-order valence-electron chi connectivity index (χ4n) is 3.46. The molecule has 2 heterocycles. The van der Waals surface area contributed by atoms with Crippen molar-refractivity contribution in [3.63, 3.8) is 0 Å². The first-order valence-corrected chi connectivity index (χ1v) is 9.29. The number of allylic oxidation sites excluding steroid dienone is 2. The predicted octanol–water partition coefficient (Wildman–Crippen LogP) is 2.33. The van der Waals surface area contributed by atoms with Gasteiger partial charge >= 0.3 is 5.97 Å². The summed E-state index contributed by atoms with van der Waals surface area (Å²) in [5.74, 6) is -2.83. The van der Waals surface area contributed by atoms with Gasteiger partial charge < -0.3 is 20.2 Å². The molecule has 2 atom stereocenters. The van der Waals surface area contributed by atoms with Gasteiger partial charge in [-0.1, -0.05) is 11.1 Å². The molecule has 0 aromatic carbocycles. The van der Waals surface area contributed by atoms with Gasteiger partial charge in [0.15, 0.2) is 5.69 Å². The van der Waals surface area contributed by atoms with Crippen molar-refractivity contribution in [1.82, 2.24) is 15.1 Å². The highest BCUT2D eigenvalue weighted by molar-refractivity contribution is 6.03. The minimum absolute atomic E-state index is 0.0542. The van der Waals surface area contributed by atoms with Crippen LogP contribution in [0.1, 0.15) is 42.9 Å². The van der Waals surface area contributed by atoms with Gasteiger partial charge in [-0.15, -0.1) is 0 Å². The number of amides is 2. The quantitative estimate of drug-likeness (QED) is 0.639. The highest BCUT2D eigenvalue weighted by atomic mass is 16.4. The van der Waals surface area contributed by atoms with E-state index in [0.29, 0.717) is 18.6 Å². The fraction of sp³-hybridized carbons (Fsp3) is 0.400. The lowest BCUT2D eigenvalue weighted by Gasteiger charge is -2.29. The maximum Gasteiger partial charge on any atom is 0.307 e. The van der Waals surface area contributed by atoms with Crippen LogP contribution in [-0.4, -0.2) is 32.7 Å². The molecule has 0 unspecified atom stereocenters. The number of hydrogen-bond acceptors (Lipinski definition) is 5. The molecule has 0 saturated carbocycles. The van der Waals surface area contributed by atoms with Crippen molar-refractivity contribution in [2.75, 3.05) is 5.32 Å². The van der Waals surface area contributed by atoms with Crippen LogP contribution in [0.15, 0.2) is 40.2 Å². The molecule has 9 nitrogen and oxygen atoms in total. The Morgan fingerprint density at radius 3 is 2.55 bits per heavy atom. The molecule has 1 aliphatic rings. The number of anilines is 1. The molecule has 1 aliphatic carbocycles. The predicted molar refractivity (Wildman–Crippen MR) is 104 cm³/mol. The highest BCUT2D eigenvalue weighted by Gasteiger charge is 2.37. The van der Waals surface area contributed by atoms with Crippen molar-refractivity contribution in [3.8, 4) is 0 Å². The highest BCUT2D eigenvalue weighted by Crippen LogP contribution is 2.35. The number of nitrogens with one attached hydrogen (secondary N) is 2. The van der Waals surface area contributed by atoms with Gasteiger partial charge in [-0.25, -0.2) is 0 Å². The van der Waals surface area contributed by atoms with Gasteiger partial charge in [-0.05, 0) is 38.8 Å². The van der Waals surface area contributed by atoms with Crippen LogP contribution in [0.2, 0.25) is 0 Å². The van der Waals surface area contributed by atoms with Crippen molar-refractivity contribution >= 4 is 23.5 Å². The Labute approximate surface area is 167 Å². The lowest BCUT2D eigenvalue weighted by Crippen LogP contribution is -2.37. The first kappa shape index (κ1) is 20.4. The summed E-state index contributed by atoms with van der Waals surface area (Å²) in [7, 11) is 1.63. The number of aryl methyl sites for hydroxylation is 1. The Morgan fingerprint density at radius 2 is 1.93 bits per heavy atom. The Bertz CT molecular complexity index is 958. The van der Waals surface area contributed by atoms with Crippen molar-refractivity contribution < 1.29 is 23.9 Å². The summed E-state index contributed by atoms with van der Waals surface area (Å²) in [5, 5.41) is 19.1. The molecule has 0 fully saturated rings. The smallest absolute Gasteiger partial charge is 0.307 e. The average Bonchev–Trinajstić information content (AvgIpc) is 3.31. The molecule has 0 saturated heterocycles. The topological polar surface area (TPSA) is 126 Å². The van der Waals surface area contributed by atoms with Crippen molar-refractivity contribution in [2.24, 2.45) is 18.9 Å². The summed E-state index contributed by atoms with van der Waals surface area (Å²) in [4.78, 5) is 37.1. The van der Waals surface area contributed by atoms with Gasteiger partial charge in [-0.2, -0.15) is 5.10 Å². The second kappa shape index (κ2) is 8.34.